The number of rotatable bonds is 15. The van der Waals surface area contributed by atoms with Gasteiger partial charge in [0.25, 0.3) is 0 Å². The molecule has 0 saturated heterocycles. The first-order chi connectivity index (χ1) is 17.9. The van der Waals surface area contributed by atoms with Gasteiger partial charge in [0.1, 0.15) is 18.1 Å². The standard InChI is InChI=1S/C27H41N5O5S/c1-15(2)12-21(31-24(33)20(10-11-38-5)30-26(35)23(28)16(3)4)25(34)32-22(27(36)37)13-17-14-29-19-9-7-6-8-18(17)19/h6-9,14-16,20-23,29H,10-13,28H2,1-5H3,(H,30,35)(H,31,33)(H,32,34)(H,36,37). The Morgan fingerprint density at radius 3 is 2.16 bits per heavy atom. The third-order valence-electron chi connectivity index (χ3n) is 6.32. The molecule has 10 nitrogen and oxygen atoms in total. The number of thioether (sulfide) groups is 1. The smallest absolute Gasteiger partial charge is 0.326 e. The molecule has 2 aromatic rings. The number of hydrogen-bond acceptors (Lipinski definition) is 6. The van der Waals surface area contributed by atoms with Crippen LogP contribution >= 0.6 is 11.8 Å². The van der Waals surface area contributed by atoms with Gasteiger partial charge in [-0.3, -0.25) is 14.4 Å². The van der Waals surface area contributed by atoms with Crippen molar-refractivity contribution in [3.63, 3.8) is 0 Å². The molecule has 0 aliphatic carbocycles. The number of fused-ring (bicyclic) bond motifs is 1. The zero-order chi connectivity index (χ0) is 28.4. The fraction of sp³-hybridized carbons (Fsp3) is 0.556. The fourth-order valence-corrected chi connectivity index (χ4v) is 4.51. The van der Waals surface area contributed by atoms with Crippen LogP contribution in [0.1, 0.15) is 46.1 Å². The van der Waals surface area contributed by atoms with Crippen molar-refractivity contribution in [1.29, 1.82) is 0 Å². The number of aromatic amines is 1. The van der Waals surface area contributed by atoms with Gasteiger partial charge in [-0.2, -0.15) is 11.8 Å². The second-order valence-corrected chi connectivity index (χ2v) is 11.3. The Hall–Kier alpha value is -3.05. The van der Waals surface area contributed by atoms with Gasteiger partial charge < -0.3 is 31.8 Å². The van der Waals surface area contributed by atoms with Crippen LogP contribution in [-0.2, 0) is 25.6 Å². The molecule has 38 heavy (non-hydrogen) atoms. The normalized spacial score (nSPS) is 14.6. The SMILES string of the molecule is CSCCC(NC(=O)C(N)C(C)C)C(=O)NC(CC(C)C)C(=O)NC(Cc1c[nH]c2ccccc12)C(=O)O. The lowest BCUT2D eigenvalue weighted by atomic mass is 10.0. The molecule has 0 aliphatic heterocycles. The number of amides is 3. The van der Waals surface area contributed by atoms with Crippen molar-refractivity contribution in [2.75, 3.05) is 12.0 Å². The predicted molar refractivity (Wildman–Crippen MR) is 151 cm³/mol. The van der Waals surface area contributed by atoms with E-state index in [-0.39, 0.29) is 18.3 Å². The molecule has 3 amide bonds. The molecule has 0 bridgehead atoms. The van der Waals surface area contributed by atoms with Crippen molar-refractivity contribution >= 4 is 46.4 Å². The summed E-state index contributed by atoms with van der Waals surface area (Å²) in [4.78, 5) is 54.2. The summed E-state index contributed by atoms with van der Waals surface area (Å²) in [6.07, 6.45) is 4.36. The number of nitrogens with two attached hydrogens (primary N) is 1. The minimum atomic E-state index is -1.19. The highest BCUT2D eigenvalue weighted by molar-refractivity contribution is 7.98. The highest BCUT2D eigenvalue weighted by Crippen LogP contribution is 2.19. The molecule has 7 N–H and O–H groups in total. The lowest BCUT2D eigenvalue weighted by molar-refractivity contribution is -0.142. The van der Waals surface area contributed by atoms with Crippen molar-refractivity contribution in [2.24, 2.45) is 17.6 Å². The molecule has 0 radical (unpaired) electrons. The van der Waals surface area contributed by atoms with Crippen molar-refractivity contribution in [1.82, 2.24) is 20.9 Å². The van der Waals surface area contributed by atoms with E-state index in [1.54, 1.807) is 6.20 Å². The Labute approximate surface area is 228 Å². The molecular formula is C27H41N5O5S. The van der Waals surface area contributed by atoms with Crippen LogP contribution in [-0.4, -0.2) is 70.0 Å². The quantitative estimate of drug-likeness (QED) is 0.198. The van der Waals surface area contributed by atoms with Gasteiger partial charge in [-0.15, -0.1) is 0 Å². The molecule has 210 valence electrons. The highest BCUT2D eigenvalue weighted by atomic mass is 32.2. The maximum atomic E-state index is 13.3. The summed E-state index contributed by atoms with van der Waals surface area (Å²) in [6, 6.07) is 3.72. The summed E-state index contributed by atoms with van der Waals surface area (Å²) in [5.74, 6) is -2.16. The van der Waals surface area contributed by atoms with E-state index in [2.05, 4.69) is 20.9 Å². The summed E-state index contributed by atoms with van der Waals surface area (Å²) in [6.45, 7) is 7.45. The van der Waals surface area contributed by atoms with Crippen molar-refractivity contribution in [3.05, 3.63) is 36.0 Å². The van der Waals surface area contributed by atoms with E-state index in [9.17, 15) is 24.3 Å². The summed E-state index contributed by atoms with van der Waals surface area (Å²) in [5, 5.41) is 18.8. The van der Waals surface area contributed by atoms with Crippen LogP contribution < -0.4 is 21.7 Å². The Balaban J connectivity index is 2.17. The number of carbonyl (C=O) groups is 4. The molecular weight excluding hydrogens is 506 g/mol. The van der Waals surface area contributed by atoms with Crippen molar-refractivity contribution < 1.29 is 24.3 Å². The first-order valence-electron chi connectivity index (χ1n) is 12.9. The lowest BCUT2D eigenvalue weighted by Crippen LogP contribution is -2.58. The molecule has 0 spiro atoms. The number of hydrogen-bond donors (Lipinski definition) is 6. The number of carbonyl (C=O) groups excluding carboxylic acids is 3. The van der Waals surface area contributed by atoms with Crippen molar-refractivity contribution in [2.45, 2.75) is 71.1 Å². The first kappa shape index (κ1) is 31.2. The lowest BCUT2D eigenvalue weighted by Gasteiger charge is -2.26. The maximum absolute atomic E-state index is 13.3. The number of carboxylic acids is 1. The maximum Gasteiger partial charge on any atom is 0.326 e. The van der Waals surface area contributed by atoms with E-state index in [4.69, 9.17) is 5.73 Å². The van der Waals surface area contributed by atoms with Crippen LogP contribution in [0.4, 0.5) is 0 Å². The fourth-order valence-electron chi connectivity index (χ4n) is 4.04. The summed E-state index contributed by atoms with van der Waals surface area (Å²) < 4.78 is 0. The second kappa shape index (κ2) is 14.8. The van der Waals surface area contributed by atoms with Crippen LogP contribution in [0.3, 0.4) is 0 Å². The molecule has 0 fully saturated rings. The number of H-pyrrole nitrogens is 1. The van der Waals surface area contributed by atoms with Crippen LogP contribution in [0.2, 0.25) is 0 Å². The number of benzene rings is 1. The largest absolute Gasteiger partial charge is 0.480 e. The summed E-state index contributed by atoms with van der Waals surface area (Å²) in [5.41, 5.74) is 7.59. The predicted octanol–water partition coefficient (Wildman–Crippen LogP) is 2.03. The average molecular weight is 548 g/mol. The zero-order valence-electron chi connectivity index (χ0n) is 22.7. The topological polar surface area (TPSA) is 166 Å². The third-order valence-corrected chi connectivity index (χ3v) is 6.96. The van der Waals surface area contributed by atoms with E-state index < -0.39 is 47.9 Å². The molecule has 0 aliphatic rings. The van der Waals surface area contributed by atoms with Gasteiger partial charge in [0.2, 0.25) is 17.7 Å². The van der Waals surface area contributed by atoms with Crippen LogP contribution in [0.15, 0.2) is 30.5 Å². The average Bonchev–Trinajstić information content (AvgIpc) is 3.27. The molecule has 1 heterocycles. The van der Waals surface area contributed by atoms with Gasteiger partial charge in [0.15, 0.2) is 0 Å². The van der Waals surface area contributed by atoms with Gasteiger partial charge in [0, 0.05) is 23.5 Å². The Kier molecular flexibility index (Phi) is 12.1. The highest BCUT2D eigenvalue weighted by Gasteiger charge is 2.31. The summed E-state index contributed by atoms with van der Waals surface area (Å²) >= 11 is 1.53. The Morgan fingerprint density at radius 2 is 1.55 bits per heavy atom. The van der Waals surface area contributed by atoms with Gasteiger partial charge >= 0.3 is 5.97 Å². The molecule has 0 saturated carbocycles. The summed E-state index contributed by atoms with van der Waals surface area (Å²) in [7, 11) is 0. The van der Waals surface area contributed by atoms with Gasteiger partial charge in [0.05, 0.1) is 6.04 Å². The second-order valence-electron chi connectivity index (χ2n) is 10.3. The van der Waals surface area contributed by atoms with Gasteiger partial charge in [-0.25, -0.2) is 4.79 Å². The number of carboxylic acid groups (broad SMARTS) is 1. The number of aliphatic carboxylic acids is 1. The number of para-hydroxylation sites is 1. The molecule has 1 aromatic heterocycles. The van der Waals surface area contributed by atoms with E-state index in [1.165, 1.54) is 11.8 Å². The van der Waals surface area contributed by atoms with E-state index >= 15 is 0 Å². The molecule has 11 heteroatoms. The van der Waals surface area contributed by atoms with Crippen molar-refractivity contribution in [3.8, 4) is 0 Å². The number of nitrogens with one attached hydrogen (secondary N) is 4. The molecule has 1 aromatic carbocycles. The Morgan fingerprint density at radius 1 is 0.947 bits per heavy atom. The molecule has 4 unspecified atom stereocenters. The molecule has 2 rings (SSSR count). The minimum absolute atomic E-state index is 0.0385. The minimum Gasteiger partial charge on any atom is -0.480 e. The van der Waals surface area contributed by atoms with Gasteiger partial charge in [-0.05, 0) is 48.3 Å². The zero-order valence-corrected chi connectivity index (χ0v) is 23.6. The van der Waals surface area contributed by atoms with Crippen LogP contribution in [0, 0.1) is 11.8 Å². The van der Waals surface area contributed by atoms with Gasteiger partial charge in [-0.1, -0.05) is 45.9 Å². The molecule has 4 atom stereocenters. The third kappa shape index (κ3) is 9.05. The van der Waals surface area contributed by atoms with E-state index in [0.29, 0.717) is 18.6 Å². The van der Waals surface area contributed by atoms with E-state index in [0.717, 1.165) is 16.5 Å². The van der Waals surface area contributed by atoms with E-state index in [1.807, 2.05) is 58.2 Å². The van der Waals surface area contributed by atoms with Crippen LogP contribution in [0.5, 0.6) is 0 Å². The first-order valence-corrected chi connectivity index (χ1v) is 14.3. The van der Waals surface area contributed by atoms with Crippen LogP contribution in [0.25, 0.3) is 10.9 Å². The number of aromatic nitrogens is 1. The Bertz CT molecular complexity index is 1100. The monoisotopic (exact) mass is 547 g/mol.